The molecule has 9 nitrogen and oxygen atoms in total. The van der Waals surface area contributed by atoms with E-state index in [1.54, 1.807) is 43.6 Å². The van der Waals surface area contributed by atoms with Crippen LogP contribution in [0, 0.1) is 23.3 Å². The summed E-state index contributed by atoms with van der Waals surface area (Å²) in [6, 6.07) is 13.3. The number of aromatic amines is 1. The van der Waals surface area contributed by atoms with Crippen LogP contribution >= 0.6 is 11.9 Å². The number of carbonyl (C=O) groups excluding carboxylic acids is 1. The third kappa shape index (κ3) is 6.67. The van der Waals surface area contributed by atoms with Crippen LogP contribution in [0.15, 0.2) is 82.8 Å². The molecule has 0 amide bonds. The van der Waals surface area contributed by atoms with Crippen molar-refractivity contribution in [2.75, 3.05) is 11.8 Å². The number of pyridine rings is 1. The van der Waals surface area contributed by atoms with Crippen molar-refractivity contribution in [1.29, 1.82) is 0 Å². The second kappa shape index (κ2) is 14.2. The van der Waals surface area contributed by atoms with Crippen molar-refractivity contribution >= 4 is 45.4 Å². The van der Waals surface area contributed by atoms with E-state index >= 15 is 4.39 Å². The molecule has 0 aliphatic heterocycles. The number of halogens is 4. The minimum Gasteiger partial charge on any atom is -0.412 e. The van der Waals surface area contributed by atoms with Gasteiger partial charge in [-0.1, -0.05) is 12.1 Å². The summed E-state index contributed by atoms with van der Waals surface area (Å²) in [6.07, 6.45) is 2.89. The zero-order valence-electron chi connectivity index (χ0n) is 21.5. The fourth-order valence-electron chi connectivity index (χ4n) is 3.88. The molecule has 5 aromatic rings. The van der Waals surface area contributed by atoms with Gasteiger partial charge >= 0.3 is 0 Å². The molecule has 3 aromatic carbocycles. The van der Waals surface area contributed by atoms with Crippen LogP contribution in [-0.4, -0.2) is 43.4 Å². The molecule has 0 saturated carbocycles. The largest absolute Gasteiger partial charge is 0.412 e. The van der Waals surface area contributed by atoms with E-state index in [1.807, 2.05) is 0 Å². The van der Waals surface area contributed by atoms with Gasteiger partial charge in [0.05, 0.1) is 21.0 Å². The van der Waals surface area contributed by atoms with Crippen molar-refractivity contribution in [3.8, 4) is 11.1 Å². The third-order valence-corrected chi connectivity index (χ3v) is 7.77. The van der Waals surface area contributed by atoms with Crippen molar-refractivity contribution in [2.45, 2.75) is 9.79 Å². The van der Waals surface area contributed by atoms with Crippen LogP contribution in [0.4, 0.5) is 23.2 Å². The molecule has 1 unspecified atom stereocenters. The minimum atomic E-state index is -1.35. The molecule has 0 bridgehead atoms. The Morgan fingerprint density at radius 2 is 1.60 bits per heavy atom. The molecule has 15 heteroatoms. The molecule has 42 heavy (non-hydrogen) atoms. The van der Waals surface area contributed by atoms with Crippen LogP contribution in [0.1, 0.15) is 15.9 Å². The lowest BCUT2D eigenvalue weighted by Gasteiger charge is -2.11. The first-order valence-electron chi connectivity index (χ1n) is 11.3. The summed E-state index contributed by atoms with van der Waals surface area (Å²) < 4.78 is 74.6. The van der Waals surface area contributed by atoms with Gasteiger partial charge in [-0.15, -0.1) is 0 Å². The summed E-state index contributed by atoms with van der Waals surface area (Å²) in [6.45, 7) is 0. The predicted octanol–water partition coefficient (Wildman–Crippen LogP) is 3.90. The molecule has 0 saturated heterocycles. The van der Waals surface area contributed by atoms with Gasteiger partial charge in [-0.3, -0.25) is 4.79 Å². The van der Waals surface area contributed by atoms with Crippen molar-refractivity contribution in [2.24, 2.45) is 0 Å². The SMILES string of the molecule is CNS(=O)c1ccc(-c2cnc3[nH]cc(C(=O)c4c(F)ccc(NSc5cc(F)ccc5F)c4F)c3c2)cc1.O.O.O. The average Bonchev–Trinajstić information content (AvgIpc) is 3.37. The molecule has 1 atom stereocenters. The lowest BCUT2D eigenvalue weighted by atomic mass is 10.00. The number of fused-ring (bicyclic) bond motifs is 1. The van der Waals surface area contributed by atoms with E-state index in [-0.39, 0.29) is 32.6 Å². The van der Waals surface area contributed by atoms with Gasteiger partial charge in [-0.25, -0.2) is 31.5 Å². The molecule has 222 valence electrons. The van der Waals surface area contributed by atoms with E-state index in [0.29, 0.717) is 33.4 Å². The van der Waals surface area contributed by atoms with E-state index in [4.69, 9.17) is 0 Å². The van der Waals surface area contributed by atoms with Gasteiger partial charge in [0.1, 0.15) is 34.1 Å². The Bertz CT molecular complexity index is 1750. The van der Waals surface area contributed by atoms with Gasteiger partial charge < -0.3 is 26.1 Å². The van der Waals surface area contributed by atoms with Gasteiger partial charge in [0.25, 0.3) is 0 Å². The van der Waals surface area contributed by atoms with Crippen molar-refractivity contribution < 1.29 is 43.0 Å². The molecule has 0 spiro atoms. The average molecular weight is 625 g/mol. The number of nitrogens with one attached hydrogen (secondary N) is 3. The Balaban J connectivity index is 0.00000205. The molecular formula is C27H24F4N4O5S2. The number of H-pyrrole nitrogens is 1. The molecule has 0 aliphatic rings. The summed E-state index contributed by atoms with van der Waals surface area (Å²) in [4.78, 5) is 21.0. The van der Waals surface area contributed by atoms with Gasteiger partial charge in [0.2, 0.25) is 5.78 Å². The smallest absolute Gasteiger partial charge is 0.201 e. The summed E-state index contributed by atoms with van der Waals surface area (Å²) in [5.74, 6) is -4.62. The standard InChI is InChI=1S/C27H18F4N4O2S2.3H2O/c1-32-39(37)17-5-2-14(3-6-17)15-10-18-19(13-34-27(18)33-12-15)26(36)24-21(30)8-9-22(25(24)31)35-38-23-11-16(28)4-7-20(23)29;;;/h2-13,32,35H,1H3,(H,33,34);3*1H2. The van der Waals surface area contributed by atoms with E-state index in [9.17, 15) is 22.2 Å². The number of nitrogens with zero attached hydrogens (tertiary/aromatic N) is 1. The number of benzene rings is 3. The topological polar surface area (TPSA) is 181 Å². The Morgan fingerprint density at radius 1 is 0.905 bits per heavy atom. The number of hydrogen-bond donors (Lipinski definition) is 3. The van der Waals surface area contributed by atoms with Crippen LogP contribution in [0.25, 0.3) is 22.2 Å². The number of aromatic nitrogens is 2. The van der Waals surface area contributed by atoms with Gasteiger partial charge in [0.15, 0.2) is 5.82 Å². The second-order valence-electron chi connectivity index (χ2n) is 8.21. The molecule has 0 aliphatic carbocycles. The quantitative estimate of drug-likeness (QED) is 0.134. The van der Waals surface area contributed by atoms with Crippen LogP contribution in [0.2, 0.25) is 0 Å². The van der Waals surface area contributed by atoms with Crippen LogP contribution in [0.3, 0.4) is 0 Å². The molecule has 2 heterocycles. The highest BCUT2D eigenvalue weighted by Gasteiger charge is 2.25. The first-order valence-corrected chi connectivity index (χ1v) is 13.3. The number of carbonyl (C=O) groups is 1. The maximum absolute atomic E-state index is 15.4. The highest BCUT2D eigenvalue weighted by molar-refractivity contribution is 8.00. The van der Waals surface area contributed by atoms with Gasteiger partial charge in [-0.05, 0) is 73.1 Å². The highest BCUT2D eigenvalue weighted by atomic mass is 32.2. The molecule has 9 N–H and O–H groups in total. The number of hydrogen-bond acceptors (Lipinski definition) is 5. The molecule has 0 fully saturated rings. The third-order valence-electron chi connectivity index (χ3n) is 5.85. The van der Waals surface area contributed by atoms with E-state index in [0.717, 1.165) is 35.9 Å². The summed E-state index contributed by atoms with van der Waals surface area (Å²) in [7, 11) is 0.225. The Morgan fingerprint density at radius 3 is 2.29 bits per heavy atom. The molecular weight excluding hydrogens is 600 g/mol. The normalized spacial score (nSPS) is 11.2. The summed E-state index contributed by atoms with van der Waals surface area (Å²) >= 11 is 0.580. The minimum absolute atomic E-state index is 0. The summed E-state index contributed by atoms with van der Waals surface area (Å²) in [5.41, 5.74) is 0.582. The fraction of sp³-hybridized carbons (Fsp3) is 0.0370. The zero-order chi connectivity index (χ0) is 27.7. The Labute approximate surface area is 243 Å². The lowest BCUT2D eigenvalue weighted by Crippen LogP contribution is -2.10. The highest BCUT2D eigenvalue weighted by Crippen LogP contribution is 2.32. The second-order valence-corrected chi connectivity index (χ2v) is 10.5. The predicted molar refractivity (Wildman–Crippen MR) is 153 cm³/mol. The van der Waals surface area contributed by atoms with Crippen molar-refractivity contribution in [3.63, 3.8) is 0 Å². The lowest BCUT2D eigenvalue weighted by molar-refractivity contribution is 0.103. The van der Waals surface area contributed by atoms with Crippen LogP contribution in [-0.2, 0) is 11.0 Å². The molecule has 5 rings (SSSR count). The fourth-order valence-corrected chi connectivity index (χ4v) is 5.21. The van der Waals surface area contributed by atoms with Crippen LogP contribution in [0.5, 0.6) is 0 Å². The van der Waals surface area contributed by atoms with Crippen LogP contribution < -0.4 is 9.44 Å². The summed E-state index contributed by atoms with van der Waals surface area (Å²) in [5, 5.41) is 0.341. The molecule has 0 radical (unpaired) electrons. The monoisotopic (exact) mass is 624 g/mol. The number of ketones is 1. The first-order chi connectivity index (χ1) is 18.8. The van der Waals surface area contributed by atoms with Crippen molar-refractivity contribution in [1.82, 2.24) is 14.7 Å². The van der Waals surface area contributed by atoms with Gasteiger partial charge in [-0.2, -0.15) is 0 Å². The Kier molecular flexibility index (Phi) is 11.5. The number of anilines is 1. The van der Waals surface area contributed by atoms with E-state index < -0.39 is 45.6 Å². The zero-order valence-corrected chi connectivity index (χ0v) is 23.2. The number of rotatable bonds is 8. The molecule has 2 aromatic heterocycles. The van der Waals surface area contributed by atoms with Crippen molar-refractivity contribution in [3.05, 3.63) is 107 Å². The maximum atomic E-state index is 15.4. The van der Waals surface area contributed by atoms with E-state index in [1.165, 1.54) is 6.20 Å². The van der Waals surface area contributed by atoms with Gasteiger partial charge in [0, 0.05) is 28.9 Å². The first kappa shape index (κ1) is 34.1. The van der Waals surface area contributed by atoms with E-state index in [2.05, 4.69) is 19.4 Å². The maximum Gasteiger partial charge on any atom is 0.201 e. The Hall–Kier alpha value is -4.12.